The van der Waals surface area contributed by atoms with Gasteiger partial charge in [-0.25, -0.2) is 9.78 Å². The first kappa shape index (κ1) is 24.7. The monoisotopic (exact) mass is 521 g/mol. The lowest BCUT2D eigenvalue weighted by Gasteiger charge is -2.31. The number of halogens is 1. The lowest BCUT2D eigenvalue weighted by Crippen LogP contribution is -2.42. The predicted molar refractivity (Wildman–Crippen MR) is 126 cm³/mol. The van der Waals surface area contributed by atoms with E-state index >= 15 is 0 Å². The third kappa shape index (κ3) is 4.59. The highest BCUT2D eigenvalue weighted by Gasteiger charge is 2.47. The van der Waals surface area contributed by atoms with E-state index in [4.69, 9.17) is 25.6 Å². The number of ether oxygens (including phenoxy) is 2. The van der Waals surface area contributed by atoms with E-state index in [0.717, 1.165) is 5.69 Å². The average Bonchev–Trinajstić information content (AvgIpc) is 3.58. The number of carbonyl (C=O) groups is 1. The van der Waals surface area contributed by atoms with Crippen LogP contribution in [0.1, 0.15) is 50.5 Å². The Morgan fingerprint density at radius 2 is 2.03 bits per heavy atom. The van der Waals surface area contributed by atoms with Gasteiger partial charge in [0.25, 0.3) is 0 Å². The molecule has 13 nitrogen and oxygen atoms in total. The van der Waals surface area contributed by atoms with Crippen molar-refractivity contribution in [2.75, 3.05) is 25.0 Å². The lowest BCUT2D eigenvalue weighted by atomic mass is 10.1. The number of aliphatic hydroxyl groups is 2. The van der Waals surface area contributed by atoms with Crippen molar-refractivity contribution in [2.45, 2.75) is 63.7 Å². The maximum absolute atomic E-state index is 12.0. The van der Waals surface area contributed by atoms with Crippen LogP contribution in [0.5, 0.6) is 0 Å². The summed E-state index contributed by atoms with van der Waals surface area (Å²) >= 11 is 6.24. The van der Waals surface area contributed by atoms with Crippen molar-refractivity contribution in [2.24, 2.45) is 0 Å². The molecule has 3 N–H and O–H groups in total. The molecule has 36 heavy (non-hydrogen) atoms. The third-order valence-electron chi connectivity index (χ3n) is 6.49. The molecule has 1 amide bonds. The van der Waals surface area contributed by atoms with E-state index in [-0.39, 0.29) is 17.4 Å². The molecular formula is C22H28ClN7O6. The van der Waals surface area contributed by atoms with Crippen molar-refractivity contribution in [3.05, 3.63) is 29.1 Å². The summed E-state index contributed by atoms with van der Waals surface area (Å²) in [6.07, 6.45) is -1.22. The Labute approximate surface area is 211 Å². The quantitative estimate of drug-likeness (QED) is 0.407. The Morgan fingerprint density at radius 1 is 1.25 bits per heavy atom. The molecule has 3 aromatic heterocycles. The molecule has 14 heteroatoms. The summed E-state index contributed by atoms with van der Waals surface area (Å²) in [5, 5.41) is 28.7. The van der Waals surface area contributed by atoms with E-state index in [1.807, 2.05) is 6.92 Å². The molecule has 0 saturated carbocycles. The molecule has 194 valence electrons. The topological polar surface area (TPSA) is 161 Å². The van der Waals surface area contributed by atoms with Gasteiger partial charge in [-0.3, -0.25) is 4.57 Å². The van der Waals surface area contributed by atoms with Gasteiger partial charge in [-0.15, -0.1) is 0 Å². The molecule has 0 unspecified atom stereocenters. The standard InChI is InChI=1S/C22H28ClN7O6/c1-3-11-9-13(36-28-11)17-15(31)16(32)20(35-17)30-10-24-14-18(26-21(23)27-19(14)30)25-12-5-7-29(8-6-12)22(33)34-4-2/h9-10,12,15-17,20,31-32H,3-8H2,1-2H3,(H,25,26,27)/t15-,16+,17+,20+/m0/s1. The zero-order valence-corrected chi connectivity index (χ0v) is 20.6. The van der Waals surface area contributed by atoms with Gasteiger partial charge in [0.05, 0.1) is 18.6 Å². The summed E-state index contributed by atoms with van der Waals surface area (Å²) in [6.45, 7) is 5.15. The van der Waals surface area contributed by atoms with Crippen LogP contribution < -0.4 is 5.32 Å². The van der Waals surface area contributed by atoms with Gasteiger partial charge in [-0.05, 0) is 37.8 Å². The van der Waals surface area contributed by atoms with Crippen LogP contribution >= 0.6 is 11.6 Å². The van der Waals surface area contributed by atoms with E-state index in [0.29, 0.717) is 61.7 Å². The summed E-state index contributed by atoms with van der Waals surface area (Å²) in [4.78, 5) is 26.7. The van der Waals surface area contributed by atoms with Crippen LogP contribution in [0.25, 0.3) is 11.2 Å². The van der Waals surface area contributed by atoms with Gasteiger partial charge in [0.2, 0.25) is 5.28 Å². The minimum Gasteiger partial charge on any atom is -0.450 e. The van der Waals surface area contributed by atoms with Gasteiger partial charge in [0.1, 0.15) is 18.3 Å². The number of likely N-dealkylation sites (tertiary alicyclic amines) is 1. The molecule has 2 aliphatic heterocycles. The van der Waals surface area contributed by atoms with Crippen LogP contribution in [0, 0.1) is 0 Å². The van der Waals surface area contributed by atoms with Crippen LogP contribution in [0.4, 0.5) is 10.6 Å². The fourth-order valence-electron chi connectivity index (χ4n) is 4.54. The molecule has 5 heterocycles. The van der Waals surface area contributed by atoms with Crippen molar-refractivity contribution in [1.82, 2.24) is 29.6 Å². The largest absolute Gasteiger partial charge is 0.450 e. The number of aliphatic hydroxyl groups excluding tert-OH is 2. The van der Waals surface area contributed by atoms with E-state index < -0.39 is 24.5 Å². The van der Waals surface area contributed by atoms with Crippen LogP contribution in [0.15, 0.2) is 16.9 Å². The highest BCUT2D eigenvalue weighted by atomic mass is 35.5. The van der Waals surface area contributed by atoms with Crippen molar-refractivity contribution in [3.8, 4) is 0 Å². The number of nitrogens with zero attached hydrogens (tertiary/aromatic N) is 6. The van der Waals surface area contributed by atoms with E-state index in [9.17, 15) is 15.0 Å². The second-order valence-electron chi connectivity index (χ2n) is 8.77. The number of anilines is 1. The first-order valence-electron chi connectivity index (χ1n) is 11.9. The lowest BCUT2D eigenvalue weighted by molar-refractivity contribution is -0.0434. The molecule has 0 radical (unpaired) electrons. The summed E-state index contributed by atoms with van der Waals surface area (Å²) in [5.74, 6) is 0.764. The number of hydrogen-bond donors (Lipinski definition) is 3. The maximum Gasteiger partial charge on any atom is 0.409 e. The predicted octanol–water partition coefficient (Wildman–Crippen LogP) is 2.05. The molecular weight excluding hydrogens is 494 g/mol. The zero-order chi connectivity index (χ0) is 25.4. The molecule has 5 rings (SSSR count). The SMILES string of the molecule is CCOC(=O)N1CCC(Nc2nc(Cl)nc3c2ncn3[C@@H]2O[C@H](c3cc(CC)no3)[C@@H](O)[C@H]2O)CC1. The number of aromatic nitrogens is 5. The number of piperidine rings is 1. The summed E-state index contributed by atoms with van der Waals surface area (Å²) in [5.41, 5.74) is 1.49. The number of amides is 1. The van der Waals surface area contributed by atoms with Gasteiger partial charge in [-0.1, -0.05) is 12.1 Å². The van der Waals surface area contributed by atoms with Gasteiger partial charge in [0, 0.05) is 25.2 Å². The van der Waals surface area contributed by atoms with Gasteiger partial charge in [0.15, 0.2) is 29.0 Å². The zero-order valence-electron chi connectivity index (χ0n) is 19.9. The molecule has 0 bridgehead atoms. The fourth-order valence-corrected chi connectivity index (χ4v) is 4.71. The van der Waals surface area contributed by atoms with Crippen LogP contribution in [0.2, 0.25) is 5.28 Å². The summed E-state index contributed by atoms with van der Waals surface area (Å²) in [7, 11) is 0. The minimum atomic E-state index is -1.28. The highest BCUT2D eigenvalue weighted by molar-refractivity contribution is 6.28. The van der Waals surface area contributed by atoms with E-state index in [1.165, 1.54) is 10.9 Å². The molecule has 3 aromatic rings. The molecule has 4 atom stereocenters. The second kappa shape index (κ2) is 10.2. The minimum absolute atomic E-state index is 0.0110. The Balaban J connectivity index is 1.35. The molecule has 2 aliphatic rings. The molecule has 0 spiro atoms. The Kier molecular flexibility index (Phi) is 6.97. The van der Waals surface area contributed by atoms with Gasteiger partial charge < -0.3 is 34.4 Å². The van der Waals surface area contributed by atoms with Crippen molar-refractivity contribution < 1.29 is 29.0 Å². The number of rotatable bonds is 6. The maximum atomic E-state index is 12.0. The number of aryl methyl sites for hydroxylation is 1. The Hall–Kier alpha value is -3.00. The Morgan fingerprint density at radius 3 is 2.72 bits per heavy atom. The normalized spacial score (nSPS) is 25.0. The highest BCUT2D eigenvalue weighted by Crippen LogP contribution is 2.40. The summed E-state index contributed by atoms with van der Waals surface area (Å²) < 4.78 is 17.9. The first-order chi connectivity index (χ1) is 17.4. The van der Waals surface area contributed by atoms with Crippen LogP contribution in [-0.4, -0.2) is 83.8 Å². The van der Waals surface area contributed by atoms with Gasteiger partial charge >= 0.3 is 6.09 Å². The number of imidazole rings is 1. The molecule has 2 saturated heterocycles. The smallest absolute Gasteiger partial charge is 0.409 e. The second-order valence-corrected chi connectivity index (χ2v) is 9.11. The van der Waals surface area contributed by atoms with E-state index in [2.05, 4.69) is 25.4 Å². The van der Waals surface area contributed by atoms with Crippen molar-refractivity contribution >= 4 is 34.7 Å². The van der Waals surface area contributed by atoms with Crippen molar-refractivity contribution in [1.29, 1.82) is 0 Å². The number of fused-ring (bicyclic) bond motifs is 1. The number of carbonyl (C=O) groups excluding carboxylic acids is 1. The van der Waals surface area contributed by atoms with Gasteiger partial charge in [-0.2, -0.15) is 9.97 Å². The fraction of sp³-hybridized carbons (Fsp3) is 0.591. The third-order valence-corrected chi connectivity index (χ3v) is 6.66. The number of nitrogens with one attached hydrogen (secondary N) is 1. The van der Waals surface area contributed by atoms with Crippen LogP contribution in [-0.2, 0) is 15.9 Å². The molecule has 0 aliphatic carbocycles. The summed E-state index contributed by atoms with van der Waals surface area (Å²) in [6, 6.07) is 1.73. The molecule has 2 fully saturated rings. The average molecular weight is 522 g/mol. The van der Waals surface area contributed by atoms with Crippen LogP contribution in [0.3, 0.4) is 0 Å². The first-order valence-corrected chi connectivity index (χ1v) is 12.3. The van der Waals surface area contributed by atoms with Crippen molar-refractivity contribution in [3.63, 3.8) is 0 Å². The number of hydrogen-bond acceptors (Lipinski definition) is 11. The molecule has 0 aromatic carbocycles. The Bertz CT molecular complexity index is 1230. The van der Waals surface area contributed by atoms with E-state index in [1.54, 1.807) is 17.9 Å².